The van der Waals surface area contributed by atoms with Crippen molar-refractivity contribution in [1.82, 2.24) is 0 Å². The van der Waals surface area contributed by atoms with Crippen LogP contribution in [0.4, 0.5) is 0 Å². The van der Waals surface area contributed by atoms with E-state index >= 15 is 0 Å². The maximum Gasteiger partial charge on any atom is 0.0874 e. The second kappa shape index (κ2) is 7.14. The van der Waals surface area contributed by atoms with E-state index < -0.39 is 8.07 Å². The SMILES string of the molecule is CC[Si](CC)(CC)c1ccccc1Sc1[c]cccc1. The van der Waals surface area contributed by atoms with E-state index in [0.717, 1.165) is 0 Å². The summed E-state index contributed by atoms with van der Waals surface area (Å²) < 4.78 is 0. The number of rotatable bonds is 6. The molecule has 2 aromatic rings. The fourth-order valence-electron chi connectivity index (χ4n) is 2.87. The van der Waals surface area contributed by atoms with Crippen LogP contribution in [-0.4, -0.2) is 8.07 Å². The summed E-state index contributed by atoms with van der Waals surface area (Å²) >= 11 is 1.87. The summed E-state index contributed by atoms with van der Waals surface area (Å²) in [7, 11) is -1.33. The Hall–Kier alpha value is -0.993. The van der Waals surface area contributed by atoms with E-state index in [9.17, 15) is 0 Å². The maximum atomic E-state index is 3.33. The molecule has 0 heterocycles. The summed E-state index contributed by atoms with van der Waals surface area (Å²) in [6.07, 6.45) is 0. The lowest BCUT2D eigenvalue weighted by Gasteiger charge is -2.30. The van der Waals surface area contributed by atoms with E-state index in [0.29, 0.717) is 0 Å². The van der Waals surface area contributed by atoms with Crippen molar-refractivity contribution >= 4 is 25.0 Å². The second-order valence-corrected chi connectivity index (χ2v) is 11.5. The van der Waals surface area contributed by atoms with Gasteiger partial charge < -0.3 is 0 Å². The summed E-state index contributed by atoms with van der Waals surface area (Å²) in [6.45, 7) is 7.11. The highest BCUT2D eigenvalue weighted by Gasteiger charge is 2.31. The monoisotopic (exact) mass is 299 g/mol. The Labute approximate surface area is 128 Å². The van der Waals surface area contributed by atoms with Gasteiger partial charge in [0.2, 0.25) is 0 Å². The van der Waals surface area contributed by atoms with Gasteiger partial charge in [0.25, 0.3) is 0 Å². The summed E-state index contributed by atoms with van der Waals surface area (Å²) in [5, 5.41) is 1.63. The van der Waals surface area contributed by atoms with Crippen molar-refractivity contribution in [3.05, 3.63) is 54.6 Å². The molecule has 105 valence electrons. The van der Waals surface area contributed by atoms with Crippen LogP contribution in [0.1, 0.15) is 20.8 Å². The van der Waals surface area contributed by atoms with Gasteiger partial charge in [0.15, 0.2) is 0 Å². The van der Waals surface area contributed by atoms with Crippen LogP contribution in [0.2, 0.25) is 18.1 Å². The third-order valence-corrected chi connectivity index (χ3v) is 11.3. The summed E-state index contributed by atoms with van der Waals surface area (Å²) in [5.41, 5.74) is 0. The van der Waals surface area contributed by atoms with Crippen LogP contribution in [0.3, 0.4) is 0 Å². The molecule has 0 bridgehead atoms. The van der Waals surface area contributed by atoms with Crippen LogP contribution in [0.15, 0.2) is 58.3 Å². The Morgan fingerprint density at radius 3 is 2.15 bits per heavy atom. The highest BCUT2D eigenvalue weighted by molar-refractivity contribution is 7.99. The summed E-state index contributed by atoms with van der Waals surface area (Å²) in [6, 6.07) is 24.6. The molecule has 2 aromatic carbocycles. The molecule has 0 aromatic heterocycles. The zero-order chi connectivity index (χ0) is 14.4. The van der Waals surface area contributed by atoms with E-state index in [4.69, 9.17) is 0 Å². The van der Waals surface area contributed by atoms with E-state index in [2.05, 4.69) is 63.2 Å². The number of hydrogen-bond acceptors (Lipinski definition) is 1. The van der Waals surface area contributed by atoms with E-state index in [1.165, 1.54) is 27.9 Å². The smallest absolute Gasteiger partial charge is 0.0874 e. The molecule has 0 unspecified atom stereocenters. The van der Waals surface area contributed by atoms with Gasteiger partial charge in [0.05, 0.1) is 8.07 Å². The van der Waals surface area contributed by atoms with Gasteiger partial charge in [-0.2, -0.15) is 0 Å². The molecule has 0 fully saturated rings. The van der Waals surface area contributed by atoms with Crippen molar-refractivity contribution in [3.63, 3.8) is 0 Å². The van der Waals surface area contributed by atoms with Crippen LogP contribution >= 0.6 is 11.8 Å². The van der Waals surface area contributed by atoms with Crippen molar-refractivity contribution in [1.29, 1.82) is 0 Å². The maximum absolute atomic E-state index is 3.33. The highest BCUT2D eigenvalue weighted by Crippen LogP contribution is 2.30. The van der Waals surface area contributed by atoms with E-state index in [1.807, 2.05) is 23.9 Å². The molecule has 20 heavy (non-hydrogen) atoms. The molecule has 0 saturated heterocycles. The minimum atomic E-state index is -1.33. The van der Waals surface area contributed by atoms with Crippen LogP contribution in [0, 0.1) is 6.07 Å². The predicted octanol–water partition coefficient (Wildman–Crippen LogP) is 5.35. The van der Waals surface area contributed by atoms with Gasteiger partial charge in [0, 0.05) is 9.79 Å². The Morgan fingerprint density at radius 2 is 1.55 bits per heavy atom. The molecule has 0 N–H and O–H groups in total. The average Bonchev–Trinajstić information content (AvgIpc) is 2.52. The highest BCUT2D eigenvalue weighted by atomic mass is 32.2. The standard InChI is InChI=1S/C18H23SSi/c1-4-20(5-2,6-3)18-15-11-10-14-17(18)19-16-12-8-7-9-13-16/h7-12,14-15H,4-6H2,1-3H3. The van der Waals surface area contributed by atoms with Gasteiger partial charge in [-0.3, -0.25) is 0 Å². The Morgan fingerprint density at radius 1 is 0.900 bits per heavy atom. The lowest BCUT2D eigenvalue weighted by atomic mass is 10.4. The Balaban J connectivity index is 2.40. The largest absolute Gasteiger partial charge is 0.0896 e. The Bertz CT molecular complexity index is 524. The summed E-state index contributed by atoms with van der Waals surface area (Å²) in [5.74, 6) is 0. The molecule has 0 spiro atoms. The first-order valence-electron chi connectivity index (χ1n) is 7.49. The molecule has 0 aliphatic rings. The number of hydrogen-bond donors (Lipinski definition) is 0. The quantitative estimate of drug-likeness (QED) is 0.648. The molecule has 2 rings (SSSR count). The number of benzene rings is 2. The van der Waals surface area contributed by atoms with Crippen LogP contribution in [-0.2, 0) is 0 Å². The zero-order valence-corrected chi connectivity index (χ0v) is 14.5. The third kappa shape index (κ3) is 3.18. The minimum Gasteiger partial charge on any atom is -0.0896 e. The van der Waals surface area contributed by atoms with Crippen molar-refractivity contribution in [2.24, 2.45) is 0 Å². The Kier molecular flexibility index (Phi) is 5.50. The van der Waals surface area contributed by atoms with Gasteiger partial charge in [-0.15, -0.1) is 0 Å². The lowest BCUT2D eigenvalue weighted by Crippen LogP contribution is -2.46. The third-order valence-electron chi connectivity index (χ3n) is 4.39. The molecular formula is C18H23SSi. The summed E-state index contributed by atoms with van der Waals surface area (Å²) in [4.78, 5) is 2.65. The van der Waals surface area contributed by atoms with Crippen molar-refractivity contribution in [3.8, 4) is 0 Å². The van der Waals surface area contributed by atoms with Gasteiger partial charge >= 0.3 is 0 Å². The van der Waals surface area contributed by atoms with Crippen LogP contribution < -0.4 is 5.19 Å². The first-order chi connectivity index (χ1) is 9.75. The molecular weight excluding hydrogens is 276 g/mol. The fourth-order valence-corrected chi connectivity index (χ4v) is 8.21. The predicted molar refractivity (Wildman–Crippen MR) is 92.7 cm³/mol. The van der Waals surface area contributed by atoms with E-state index in [-0.39, 0.29) is 0 Å². The van der Waals surface area contributed by atoms with Gasteiger partial charge in [-0.1, -0.05) is 87.1 Å². The topological polar surface area (TPSA) is 0 Å². The molecule has 1 radical (unpaired) electrons. The normalized spacial score (nSPS) is 11.6. The fraction of sp³-hybridized carbons (Fsp3) is 0.333. The molecule has 0 aliphatic carbocycles. The van der Waals surface area contributed by atoms with Crippen molar-refractivity contribution in [2.75, 3.05) is 0 Å². The van der Waals surface area contributed by atoms with Gasteiger partial charge in [0.1, 0.15) is 0 Å². The molecule has 0 saturated carbocycles. The lowest BCUT2D eigenvalue weighted by molar-refractivity contribution is 1.18. The van der Waals surface area contributed by atoms with Crippen LogP contribution in [0.25, 0.3) is 0 Å². The molecule has 0 amide bonds. The zero-order valence-electron chi connectivity index (χ0n) is 12.6. The van der Waals surface area contributed by atoms with Gasteiger partial charge in [-0.25, -0.2) is 0 Å². The molecule has 0 nitrogen and oxygen atoms in total. The second-order valence-electron chi connectivity index (χ2n) is 5.17. The molecule has 0 aliphatic heterocycles. The first kappa shape index (κ1) is 15.4. The minimum absolute atomic E-state index is 1.21. The first-order valence-corrected chi connectivity index (χ1v) is 10.9. The van der Waals surface area contributed by atoms with Crippen molar-refractivity contribution in [2.45, 2.75) is 48.7 Å². The van der Waals surface area contributed by atoms with Crippen molar-refractivity contribution < 1.29 is 0 Å². The average molecular weight is 300 g/mol. The van der Waals surface area contributed by atoms with Gasteiger partial charge in [-0.05, 0) is 23.4 Å². The molecule has 2 heteroatoms. The van der Waals surface area contributed by atoms with Crippen LogP contribution in [0.5, 0.6) is 0 Å². The van der Waals surface area contributed by atoms with E-state index in [1.54, 1.807) is 5.19 Å². The molecule has 0 atom stereocenters.